The van der Waals surface area contributed by atoms with Gasteiger partial charge in [0.05, 0.1) is 25.2 Å². The highest BCUT2D eigenvalue weighted by Crippen LogP contribution is 2.20. The monoisotopic (exact) mass is 448 g/mol. The Balaban J connectivity index is 1.61. The molecule has 1 saturated heterocycles. The van der Waals surface area contributed by atoms with E-state index in [2.05, 4.69) is 0 Å². The van der Waals surface area contributed by atoms with Gasteiger partial charge in [-0.3, -0.25) is 4.79 Å². The largest absolute Gasteiger partial charge is 0.494 e. The minimum Gasteiger partial charge on any atom is -0.494 e. The zero-order chi connectivity index (χ0) is 22.4. The number of likely N-dealkylation sites (N-methyl/N-ethyl adjacent to an activating group) is 1. The summed E-state index contributed by atoms with van der Waals surface area (Å²) in [5.74, 6) is -0.596. The summed E-state index contributed by atoms with van der Waals surface area (Å²) in [6, 6.07) is 10.9. The van der Waals surface area contributed by atoms with Crippen LogP contribution in [0.5, 0.6) is 5.75 Å². The molecule has 166 valence electrons. The van der Waals surface area contributed by atoms with Crippen LogP contribution in [0.25, 0.3) is 6.08 Å². The third kappa shape index (κ3) is 5.69. The first-order chi connectivity index (χ1) is 14.8. The van der Waals surface area contributed by atoms with Crippen molar-refractivity contribution in [2.75, 3.05) is 40.5 Å². The maximum absolute atomic E-state index is 13.8. The normalized spacial score (nSPS) is 15.2. The van der Waals surface area contributed by atoms with Crippen LogP contribution in [0, 0.1) is 5.82 Å². The second-order valence-electron chi connectivity index (χ2n) is 7.08. The molecule has 0 atom stereocenters. The summed E-state index contributed by atoms with van der Waals surface area (Å²) in [5.41, 5.74) is 1.33. The molecular formula is C22H25FN2O5S. The van der Waals surface area contributed by atoms with Gasteiger partial charge in [0.1, 0.15) is 0 Å². The summed E-state index contributed by atoms with van der Waals surface area (Å²) in [5, 5.41) is 0. The van der Waals surface area contributed by atoms with Crippen LogP contribution in [0.3, 0.4) is 0 Å². The highest BCUT2D eigenvalue weighted by atomic mass is 32.2. The van der Waals surface area contributed by atoms with Gasteiger partial charge in [0, 0.05) is 32.8 Å². The molecule has 1 fully saturated rings. The van der Waals surface area contributed by atoms with E-state index < -0.39 is 15.8 Å². The Morgan fingerprint density at radius 3 is 2.48 bits per heavy atom. The van der Waals surface area contributed by atoms with E-state index in [9.17, 15) is 17.6 Å². The summed E-state index contributed by atoms with van der Waals surface area (Å²) < 4.78 is 50.6. The van der Waals surface area contributed by atoms with Crippen molar-refractivity contribution >= 4 is 22.0 Å². The fourth-order valence-electron chi connectivity index (χ4n) is 3.14. The van der Waals surface area contributed by atoms with Gasteiger partial charge < -0.3 is 14.4 Å². The van der Waals surface area contributed by atoms with E-state index in [1.807, 2.05) is 0 Å². The lowest BCUT2D eigenvalue weighted by atomic mass is 10.2. The number of benzene rings is 2. The van der Waals surface area contributed by atoms with Crippen LogP contribution >= 0.6 is 0 Å². The van der Waals surface area contributed by atoms with Crippen LogP contribution in [0.15, 0.2) is 53.4 Å². The smallest absolute Gasteiger partial charge is 0.246 e. The molecule has 1 heterocycles. The van der Waals surface area contributed by atoms with E-state index in [4.69, 9.17) is 9.47 Å². The first-order valence-corrected chi connectivity index (χ1v) is 11.2. The molecule has 0 aromatic heterocycles. The van der Waals surface area contributed by atoms with Gasteiger partial charge in [-0.1, -0.05) is 18.2 Å². The molecule has 1 aliphatic rings. The van der Waals surface area contributed by atoms with Gasteiger partial charge in [0.2, 0.25) is 15.9 Å². The zero-order valence-electron chi connectivity index (χ0n) is 17.5. The van der Waals surface area contributed by atoms with Crippen molar-refractivity contribution in [3.05, 3.63) is 65.5 Å². The van der Waals surface area contributed by atoms with E-state index >= 15 is 0 Å². The van der Waals surface area contributed by atoms with Crippen LogP contribution < -0.4 is 4.74 Å². The topological polar surface area (TPSA) is 76.2 Å². The fourth-order valence-corrected chi connectivity index (χ4v) is 4.55. The summed E-state index contributed by atoms with van der Waals surface area (Å²) in [6.07, 6.45) is 3.00. The van der Waals surface area contributed by atoms with Crippen LogP contribution in [-0.2, 0) is 26.1 Å². The van der Waals surface area contributed by atoms with Crippen LogP contribution in [-0.4, -0.2) is 64.0 Å². The van der Waals surface area contributed by atoms with E-state index in [1.165, 1.54) is 46.7 Å². The number of methoxy groups -OCH3 is 1. The van der Waals surface area contributed by atoms with Gasteiger partial charge in [0.15, 0.2) is 11.6 Å². The molecule has 7 nitrogen and oxygen atoms in total. The van der Waals surface area contributed by atoms with E-state index in [0.29, 0.717) is 37.4 Å². The third-order valence-electron chi connectivity index (χ3n) is 4.92. The number of ether oxygens (including phenoxy) is 2. The molecule has 3 rings (SSSR count). The molecule has 0 spiro atoms. The van der Waals surface area contributed by atoms with Crippen LogP contribution in [0.4, 0.5) is 4.39 Å². The van der Waals surface area contributed by atoms with Gasteiger partial charge in [-0.15, -0.1) is 0 Å². The molecule has 2 aromatic carbocycles. The minimum absolute atomic E-state index is 0.150. The molecule has 0 saturated carbocycles. The average Bonchev–Trinajstić information content (AvgIpc) is 2.78. The fraction of sp³-hybridized carbons (Fsp3) is 0.318. The molecule has 0 aliphatic carbocycles. The number of carbonyl (C=O) groups excluding carboxylic acids is 1. The van der Waals surface area contributed by atoms with Crippen molar-refractivity contribution in [3.8, 4) is 5.75 Å². The van der Waals surface area contributed by atoms with Gasteiger partial charge in [-0.2, -0.15) is 4.31 Å². The Morgan fingerprint density at radius 1 is 1.19 bits per heavy atom. The van der Waals surface area contributed by atoms with E-state index in [1.54, 1.807) is 31.3 Å². The van der Waals surface area contributed by atoms with E-state index in [-0.39, 0.29) is 23.1 Å². The number of sulfonamides is 1. The predicted molar refractivity (Wildman–Crippen MR) is 114 cm³/mol. The number of carbonyl (C=O) groups is 1. The molecule has 1 amide bonds. The van der Waals surface area contributed by atoms with Crippen molar-refractivity contribution in [3.63, 3.8) is 0 Å². The lowest BCUT2D eigenvalue weighted by Gasteiger charge is -2.26. The molecule has 9 heteroatoms. The molecule has 2 aromatic rings. The van der Waals surface area contributed by atoms with Crippen molar-refractivity contribution < 1.29 is 27.1 Å². The zero-order valence-corrected chi connectivity index (χ0v) is 18.3. The van der Waals surface area contributed by atoms with E-state index in [0.717, 1.165) is 0 Å². The van der Waals surface area contributed by atoms with Crippen LogP contribution in [0.2, 0.25) is 0 Å². The molecular weight excluding hydrogens is 423 g/mol. The van der Waals surface area contributed by atoms with Gasteiger partial charge >= 0.3 is 0 Å². The highest BCUT2D eigenvalue weighted by molar-refractivity contribution is 7.89. The van der Waals surface area contributed by atoms with Gasteiger partial charge in [0.25, 0.3) is 0 Å². The Bertz CT molecular complexity index is 1050. The standard InChI is InChI=1S/C22H25FN2O5S/c1-24(16-18-5-9-21(29-2)20(23)15-18)22(26)10-6-17-3-7-19(8-4-17)31(27,28)25-11-13-30-14-12-25/h3-10,15H,11-14,16H2,1-2H3/b10-6+. The van der Waals surface area contributed by atoms with Crippen LogP contribution in [0.1, 0.15) is 11.1 Å². The second-order valence-corrected chi connectivity index (χ2v) is 9.02. The summed E-state index contributed by atoms with van der Waals surface area (Å²) >= 11 is 0. The molecule has 31 heavy (non-hydrogen) atoms. The number of hydrogen-bond acceptors (Lipinski definition) is 5. The van der Waals surface area contributed by atoms with Gasteiger partial charge in [-0.25, -0.2) is 12.8 Å². The Morgan fingerprint density at radius 2 is 1.87 bits per heavy atom. The first-order valence-electron chi connectivity index (χ1n) is 9.75. The molecule has 0 bridgehead atoms. The number of rotatable bonds is 7. The molecule has 0 unspecified atom stereocenters. The Labute approximate surface area is 181 Å². The maximum Gasteiger partial charge on any atom is 0.246 e. The van der Waals surface area contributed by atoms with Crippen molar-refractivity contribution in [2.24, 2.45) is 0 Å². The Kier molecular flexibility index (Phi) is 7.42. The number of hydrogen-bond donors (Lipinski definition) is 0. The number of halogens is 1. The van der Waals surface area contributed by atoms with Crippen molar-refractivity contribution in [1.82, 2.24) is 9.21 Å². The third-order valence-corrected chi connectivity index (χ3v) is 6.83. The maximum atomic E-state index is 13.8. The number of nitrogens with zero attached hydrogens (tertiary/aromatic N) is 2. The average molecular weight is 449 g/mol. The SMILES string of the molecule is COc1ccc(CN(C)C(=O)/C=C/c2ccc(S(=O)(=O)N3CCOCC3)cc2)cc1F. The van der Waals surface area contributed by atoms with Crippen molar-refractivity contribution in [2.45, 2.75) is 11.4 Å². The van der Waals surface area contributed by atoms with Gasteiger partial charge in [-0.05, 0) is 41.5 Å². The number of morpholine rings is 1. The predicted octanol–water partition coefficient (Wildman–Crippen LogP) is 2.53. The highest BCUT2D eigenvalue weighted by Gasteiger charge is 2.25. The minimum atomic E-state index is -3.55. The molecule has 0 radical (unpaired) electrons. The Hall–Kier alpha value is -2.75. The second kappa shape index (κ2) is 10.0. The number of amides is 1. The molecule has 1 aliphatic heterocycles. The first kappa shape index (κ1) is 22.9. The quantitative estimate of drug-likeness (QED) is 0.609. The summed E-state index contributed by atoms with van der Waals surface area (Å²) in [6.45, 7) is 1.68. The summed E-state index contributed by atoms with van der Waals surface area (Å²) in [7, 11) is -0.542. The lowest BCUT2D eigenvalue weighted by Crippen LogP contribution is -2.40. The molecule has 0 N–H and O–H groups in total. The lowest BCUT2D eigenvalue weighted by molar-refractivity contribution is -0.125. The summed E-state index contributed by atoms with van der Waals surface area (Å²) in [4.78, 5) is 14.0. The van der Waals surface area contributed by atoms with Crippen molar-refractivity contribution in [1.29, 1.82) is 0 Å².